The van der Waals surface area contributed by atoms with Crippen LogP contribution in [0.1, 0.15) is 31.7 Å². The van der Waals surface area contributed by atoms with Crippen LogP contribution in [-0.2, 0) is 16.0 Å². The molecule has 24 heavy (non-hydrogen) atoms. The number of benzene rings is 1. The van der Waals surface area contributed by atoms with Gasteiger partial charge in [0.1, 0.15) is 0 Å². The van der Waals surface area contributed by atoms with Crippen LogP contribution in [0, 0.1) is 0 Å². The van der Waals surface area contributed by atoms with Crippen molar-refractivity contribution in [3.63, 3.8) is 0 Å². The van der Waals surface area contributed by atoms with Crippen molar-refractivity contribution in [2.45, 2.75) is 38.6 Å². The third kappa shape index (κ3) is 4.63. The standard InChI is InChI=1S/C18H26N2O4/c1-4-18(22)20-9-7-14(8-10-20)19-17(21)12-13-5-6-15(23-2)16(11-13)24-3/h5-6,11,14H,4,7-10,12H2,1-3H3,(H,19,21). The lowest BCUT2D eigenvalue weighted by molar-refractivity contribution is -0.132. The second-order valence-corrected chi connectivity index (χ2v) is 5.94. The fraction of sp³-hybridized carbons (Fsp3) is 0.556. The number of methoxy groups -OCH3 is 2. The Morgan fingerprint density at radius 3 is 2.42 bits per heavy atom. The van der Waals surface area contributed by atoms with Gasteiger partial charge < -0.3 is 19.7 Å². The number of carbonyl (C=O) groups excluding carboxylic acids is 2. The molecule has 0 atom stereocenters. The van der Waals surface area contributed by atoms with Gasteiger partial charge in [-0.3, -0.25) is 9.59 Å². The van der Waals surface area contributed by atoms with Crippen LogP contribution in [0.15, 0.2) is 18.2 Å². The molecule has 0 radical (unpaired) electrons. The van der Waals surface area contributed by atoms with Crippen LogP contribution in [0.5, 0.6) is 11.5 Å². The molecular formula is C18H26N2O4. The molecule has 0 unspecified atom stereocenters. The molecule has 1 heterocycles. The van der Waals surface area contributed by atoms with Gasteiger partial charge in [-0.15, -0.1) is 0 Å². The van der Waals surface area contributed by atoms with E-state index in [9.17, 15) is 9.59 Å². The normalized spacial score (nSPS) is 15.0. The van der Waals surface area contributed by atoms with Gasteiger partial charge in [0.25, 0.3) is 0 Å². The Hall–Kier alpha value is -2.24. The molecule has 1 aliphatic heterocycles. The first-order chi connectivity index (χ1) is 11.6. The predicted octanol–water partition coefficient (Wildman–Crippen LogP) is 1.76. The van der Waals surface area contributed by atoms with Crippen LogP contribution in [-0.4, -0.2) is 50.1 Å². The summed E-state index contributed by atoms with van der Waals surface area (Å²) in [5, 5.41) is 3.06. The van der Waals surface area contributed by atoms with E-state index in [0.29, 0.717) is 37.4 Å². The minimum absolute atomic E-state index is 0.0116. The Labute approximate surface area is 143 Å². The number of nitrogens with zero attached hydrogens (tertiary/aromatic N) is 1. The van der Waals surface area contributed by atoms with E-state index in [2.05, 4.69) is 5.32 Å². The Bertz CT molecular complexity index is 580. The molecule has 0 aliphatic carbocycles. The van der Waals surface area contributed by atoms with Crippen LogP contribution < -0.4 is 14.8 Å². The van der Waals surface area contributed by atoms with Gasteiger partial charge >= 0.3 is 0 Å². The molecule has 1 aromatic carbocycles. The van der Waals surface area contributed by atoms with Gasteiger partial charge in [0, 0.05) is 25.6 Å². The van der Waals surface area contributed by atoms with Crippen molar-refractivity contribution in [1.82, 2.24) is 10.2 Å². The molecule has 1 saturated heterocycles. The number of amides is 2. The average molecular weight is 334 g/mol. The fourth-order valence-electron chi connectivity index (χ4n) is 2.95. The second-order valence-electron chi connectivity index (χ2n) is 5.94. The smallest absolute Gasteiger partial charge is 0.224 e. The number of hydrogen-bond acceptors (Lipinski definition) is 4. The van der Waals surface area contributed by atoms with Crippen LogP contribution in [0.3, 0.4) is 0 Å². The summed E-state index contributed by atoms with van der Waals surface area (Å²) in [7, 11) is 3.16. The second kappa shape index (κ2) is 8.57. The molecule has 0 saturated carbocycles. The monoisotopic (exact) mass is 334 g/mol. The summed E-state index contributed by atoms with van der Waals surface area (Å²) >= 11 is 0. The van der Waals surface area contributed by atoms with E-state index in [0.717, 1.165) is 18.4 Å². The quantitative estimate of drug-likeness (QED) is 0.861. The van der Waals surface area contributed by atoms with Gasteiger partial charge in [0.05, 0.1) is 20.6 Å². The first-order valence-corrected chi connectivity index (χ1v) is 8.35. The van der Waals surface area contributed by atoms with Crippen LogP contribution >= 0.6 is 0 Å². The Morgan fingerprint density at radius 1 is 1.17 bits per heavy atom. The lowest BCUT2D eigenvalue weighted by atomic mass is 10.0. The summed E-state index contributed by atoms with van der Waals surface area (Å²) < 4.78 is 10.5. The van der Waals surface area contributed by atoms with Crippen LogP contribution in [0.4, 0.5) is 0 Å². The highest BCUT2D eigenvalue weighted by atomic mass is 16.5. The van der Waals surface area contributed by atoms with E-state index in [-0.39, 0.29) is 17.9 Å². The first-order valence-electron chi connectivity index (χ1n) is 8.35. The number of rotatable bonds is 6. The largest absolute Gasteiger partial charge is 0.493 e. The Kier molecular flexibility index (Phi) is 6.46. The van der Waals surface area contributed by atoms with Crippen LogP contribution in [0.2, 0.25) is 0 Å². The summed E-state index contributed by atoms with van der Waals surface area (Å²) in [6, 6.07) is 5.62. The zero-order chi connectivity index (χ0) is 17.5. The molecule has 6 heteroatoms. The number of ether oxygens (including phenoxy) is 2. The molecule has 0 aromatic heterocycles. The molecule has 6 nitrogen and oxygen atoms in total. The molecule has 1 aliphatic rings. The number of piperidine rings is 1. The van der Waals surface area contributed by atoms with Crippen molar-refractivity contribution in [1.29, 1.82) is 0 Å². The van der Waals surface area contributed by atoms with Crippen molar-refractivity contribution < 1.29 is 19.1 Å². The SMILES string of the molecule is CCC(=O)N1CCC(NC(=O)Cc2ccc(OC)c(OC)c2)CC1. The van der Waals surface area contributed by atoms with Gasteiger partial charge in [-0.25, -0.2) is 0 Å². The minimum Gasteiger partial charge on any atom is -0.493 e. The summed E-state index contributed by atoms with van der Waals surface area (Å²) in [6.07, 6.45) is 2.46. The number of carbonyl (C=O) groups is 2. The summed E-state index contributed by atoms with van der Waals surface area (Å²) in [4.78, 5) is 25.8. The highest BCUT2D eigenvalue weighted by molar-refractivity contribution is 5.79. The highest BCUT2D eigenvalue weighted by Crippen LogP contribution is 2.27. The van der Waals surface area contributed by atoms with E-state index in [1.165, 1.54) is 0 Å². The topological polar surface area (TPSA) is 67.9 Å². The van der Waals surface area contributed by atoms with E-state index in [1.807, 2.05) is 24.0 Å². The van der Waals surface area contributed by atoms with E-state index < -0.39 is 0 Å². The van der Waals surface area contributed by atoms with E-state index >= 15 is 0 Å². The van der Waals surface area contributed by atoms with E-state index in [4.69, 9.17) is 9.47 Å². The van der Waals surface area contributed by atoms with Gasteiger partial charge in [-0.05, 0) is 30.5 Å². The number of hydrogen-bond donors (Lipinski definition) is 1. The molecule has 132 valence electrons. The van der Waals surface area contributed by atoms with Crippen LogP contribution in [0.25, 0.3) is 0 Å². The average Bonchev–Trinajstić information content (AvgIpc) is 2.61. The lowest BCUT2D eigenvalue weighted by Gasteiger charge is -2.32. The molecule has 1 fully saturated rings. The fourth-order valence-corrected chi connectivity index (χ4v) is 2.95. The van der Waals surface area contributed by atoms with Gasteiger partial charge in [-0.1, -0.05) is 13.0 Å². The zero-order valence-electron chi connectivity index (χ0n) is 14.6. The Balaban J connectivity index is 1.85. The van der Waals surface area contributed by atoms with Crippen molar-refractivity contribution in [2.75, 3.05) is 27.3 Å². The highest BCUT2D eigenvalue weighted by Gasteiger charge is 2.23. The molecule has 2 amide bonds. The van der Waals surface area contributed by atoms with Crippen molar-refractivity contribution in [2.24, 2.45) is 0 Å². The third-order valence-corrected chi connectivity index (χ3v) is 4.33. The summed E-state index contributed by atoms with van der Waals surface area (Å²) in [5.74, 6) is 1.44. The zero-order valence-corrected chi connectivity index (χ0v) is 14.6. The maximum atomic E-state index is 12.2. The Morgan fingerprint density at radius 2 is 1.83 bits per heavy atom. The molecule has 0 spiro atoms. The minimum atomic E-state index is -0.0116. The molecule has 2 rings (SSSR count). The maximum absolute atomic E-state index is 12.2. The molecule has 0 bridgehead atoms. The van der Waals surface area contributed by atoms with Crippen molar-refractivity contribution in [3.05, 3.63) is 23.8 Å². The first kappa shape index (κ1) is 18.1. The maximum Gasteiger partial charge on any atom is 0.224 e. The lowest BCUT2D eigenvalue weighted by Crippen LogP contribution is -2.46. The molecular weight excluding hydrogens is 308 g/mol. The van der Waals surface area contributed by atoms with Gasteiger partial charge in [0.2, 0.25) is 11.8 Å². The van der Waals surface area contributed by atoms with Crippen molar-refractivity contribution in [3.8, 4) is 11.5 Å². The van der Waals surface area contributed by atoms with Crippen molar-refractivity contribution >= 4 is 11.8 Å². The summed E-state index contributed by atoms with van der Waals surface area (Å²) in [6.45, 7) is 3.31. The molecule has 1 N–H and O–H groups in total. The third-order valence-electron chi connectivity index (χ3n) is 4.33. The number of nitrogens with one attached hydrogen (secondary N) is 1. The summed E-state index contributed by atoms with van der Waals surface area (Å²) in [5.41, 5.74) is 0.878. The molecule has 1 aromatic rings. The van der Waals surface area contributed by atoms with Gasteiger partial charge in [0.15, 0.2) is 11.5 Å². The van der Waals surface area contributed by atoms with E-state index in [1.54, 1.807) is 20.3 Å². The predicted molar refractivity (Wildman–Crippen MR) is 91.3 cm³/mol. The van der Waals surface area contributed by atoms with Gasteiger partial charge in [-0.2, -0.15) is 0 Å². The number of likely N-dealkylation sites (tertiary alicyclic amines) is 1.